The molecule has 0 bridgehead atoms. The molecule has 0 aliphatic rings. The second-order valence-electron chi connectivity index (χ2n) is 5.82. The van der Waals surface area contributed by atoms with Crippen LogP contribution in [0.5, 0.6) is 0 Å². The van der Waals surface area contributed by atoms with E-state index in [1.807, 2.05) is 6.08 Å². The highest BCUT2D eigenvalue weighted by molar-refractivity contribution is 7.12. The Bertz CT molecular complexity index is 901. The maximum absolute atomic E-state index is 10.7. The Labute approximate surface area is 150 Å². The van der Waals surface area contributed by atoms with Gasteiger partial charge in [0.05, 0.1) is 6.54 Å². The number of primary amides is 1. The first-order valence-corrected chi connectivity index (χ1v) is 8.89. The van der Waals surface area contributed by atoms with Crippen LogP contribution in [0.4, 0.5) is 4.79 Å². The molecule has 0 saturated heterocycles. The number of rotatable bonds is 6. The van der Waals surface area contributed by atoms with Crippen LogP contribution >= 0.6 is 11.3 Å². The quantitative estimate of drug-likeness (QED) is 0.393. The molecule has 2 amide bonds. The first kappa shape index (κ1) is 17.2. The van der Waals surface area contributed by atoms with Crippen LogP contribution in [0.25, 0.3) is 10.8 Å². The van der Waals surface area contributed by atoms with Gasteiger partial charge in [0.25, 0.3) is 0 Å². The minimum Gasteiger partial charge on any atom is -0.350 e. The number of urea groups is 1. The summed E-state index contributed by atoms with van der Waals surface area (Å²) in [5.41, 5.74) is 6.25. The molecular weight excluding hydrogens is 332 g/mol. The van der Waals surface area contributed by atoms with Crippen LogP contribution < -0.4 is 5.73 Å². The molecule has 25 heavy (non-hydrogen) atoms. The number of hydrogen-bond acceptors (Lipinski definition) is 3. The third-order valence-corrected chi connectivity index (χ3v) is 5.04. The first-order chi connectivity index (χ1) is 12.1. The van der Waals surface area contributed by atoms with Crippen molar-refractivity contribution in [3.8, 4) is 0 Å². The summed E-state index contributed by atoms with van der Waals surface area (Å²) in [5.74, 6) is 0. The molecule has 0 radical (unpaired) electrons. The van der Waals surface area contributed by atoms with Crippen LogP contribution in [0.15, 0.2) is 66.7 Å². The zero-order valence-corrected chi connectivity index (χ0v) is 14.6. The predicted molar refractivity (Wildman–Crippen MR) is 102 cm³/mol. The molecule has 0 fully saturated rings. The van der Waals surface area contributed by atoms with Crippen LogP contribution in [0.1, 0.15) is 15.3 Å². The van der Waals surface area contributed by atoms with Gasteiger partial charge in [-0.25, -0.2) is 9.86 Å². The van der Waals surface area contributed by atoms with E-state index in [2.05, 4.69) is 54.6 Å². The lowest BCUT2D eigenvalue weighted by molar-refractivity contribution is -0.0288. The van der Waals surface area contributed by atoms with Crippen LogP contribution in [0.3, 0.4) is 0 Å². The third-order valence-electron chi connectivity index (χ3n) is 3.93. The summed E-state index contributed by atoms with van der Waals surface area (Å²) in [7, 11) is 0. The van der Waals surface area contributed by atoms with E-state index >= 15 is 0 Å². The zero-order valence-electron chi connectivity index (χ0n) is 13.8. The number of thiophene rings is 1. The van der Waals surface area contributed by atoms with E-state index in [1.165, 1.54) is 26.1 Å². The van der Waals surface area contributed by atoms with Gasteiger partial charge in [0.15, 0.2) is 0 Å². The number of benzene rings is 2. The summed E-state index contributed by atoms with van der Waals surface area (Å²) in [6, 6.07) is 18.4. The van der Waals surface area contributed by atoms with Gasteiger partial charge in [0, 0.05) is 16.2 Å². The Morgan fingerprint density at radius 2 is 1.80 bits per heavy atom. The number of allylic oxidation sites excluding steroid dienone is 1. The number of fused-ring (bicyclic) bond motifs is 1. The Morgan fingerprint density at radius 3 is 2.60 bits per heavy atom. The van der Waals surface area contributed by atoms with Gasteiger partial charge in [0.2, 0.25) is 0 Å². The van der Waals surface area contributed by atoms with Crippen molar-refractivity contribution in [3.05, 3.63) is 82.1 Å². The second-order valence-corrected chi connectivity index (χ2v) is 7.08. The van der Waals surface area contributed by atoms with Crippen molar-refractivity contribution < 1.29 is 10.0 Å². The zero-order chi connectivity index (χ0) is 17.6. The van der Waals surface area contributed by atoms with Crippen LogP contribution in [-0.2, 0) is 12.8 Å². The highest BCUT2D eigenvalue weighted by Crippen LogP contribution is 2.23. The predicted octanol–water partition coefficient (Wildman–Crippen LogP) is 4.36. The SMILES string of the molecule is NC(=O)N(O)C/C=C\Cc1ccc(Cc2ccc3ccccc3c2)s1. The number of nitrogens with zero attached hydrogens (tertiary/aromatic N) is 1. The highest BCUT2D eigenvalue weighted by Gasteiger charge is 2.03. The van der Waals surface area contributed by atoms with Crippen molar-refractivity contribution in [1.82, 2.24) is 5.06 Å². The molecule has 3 aromatic rings. The lowest BCUT2D eigenvalue weighted by Gasteiger charge is -2.07. The number of nitrogens with two attached hydrogens (primary N) is 1. The number of carbonyl (C=O) groups is 1. The summed E-state index contributed by atoms with van der Waals surface area (Å²) in [4.78, 5) is 13.3. The van der Waals surface area contributed by atoms with E-state index in [1.54, 1.807) is 17.4 Å². The monoisotopic (exact) mass is 352 g/mol. The molecule has 5 heteroatoms. The summed E-state index contributed by atoms with van der Waals surface area (Å²) in [6.45, 7) is 0.102. The number of hydroxylamine groups is 2. The molecule has 4 nitrogen and oxygen atoms in total. The van der Waals surface area contributed by atoms with Crippen molar-refractivity contribution >= 4 is 28.1 Å². The third kappa shape index (κ3) is 4.68. The Hall–Kier alpha value is -2.63. The topological polar surface area (TPSA) is 66.6 Å². The maximum atomic E-state index is 10.7. The van der Waals surface area contributed by atoms with E-state index in [0.29, 0.717) is 5.06 Å². The van der Waals surface area contributed by atoms with Gasteiger partial charge in [-0.2, -0.15) is 0 Å². The van der Waals surface area contributed by atoms with E-state index in [9.17, 15) is 10.0 Å². The molecule has 1 aromatic heterocycles. The number of carbonyl (C=O) groups excluding carboxylic acids is 1. The Balaban J connectivity index is 1.59. The summed E-state index contributed by atoms with van der Waals surface area (Å²) in [6.07, 6.45) is 5.35. The van der Waals surface area contributed by atoms with Crippen molar-refractivity contribution in [2.24, 2.45) is 5.73 Å². The molecule has 0 spiro atoms. The highest BCUT2D eigenvalue weighted by atomic mass is 32.1. The van der Waals surface area contributed by atoms with Crippen LogP contribution in [0, 0.1) is 0 Å². The summed E-state index contributed by atoms with van der Waals surface area (Å²) in [5, 5.41) is 12.2. The minimum absolute atomic E-state index is 0.102. The Morgan fingerprint density at radius 1 is 1.04 bits per heavy atom. The normalized spacial score (nSPS) is 11.2. The average Bonchev–Trinajstić information content (AvgIpc) is 3.05. The fourth-order valence-electron chi connectivity index (χ4n) is 2.64. The largest absolute Gasteiger partial charge is 0.350 e. The summed E-state index contributed by atoms with van der Waals surface area (Å²) >= 11 is 1.78. The van der Waals surface area contributed by atoms with E-state index in [0.717, 1.165) is 12.8 Å². The molecule has 128 valence electrons. The molecule has 3 rings (SSSR count). The lowest BCUT2D eigenvalue weighted by atomic mass is 10.0. The molecule has 1 heterocycles. The average molecular weight is 352 g/mol. The molecule has 0 unspecified atom stereocenters. The van der Waals surface area contributed by atoms with Crippen LogP contribution in [0.2, 0.25) is 0 Å². The van der Waals surface area contributed by atoms with Crippen molar-refractivity contribution in [2.45, 2.75) is 12.8 Å². The maximum Gasteiger partial charge on any atom is 0.338 e. The van der Waals surface area contributed by atoms with Gasteiger partial charge in [-0.15, -0.1) is 11.3 Å². The van der Waals surface area contributed by atoms with Gasteiger partial charge in [0.1, 0.15) is 0 Å². The van der Waals surface area contributed by atoms with Gasteiger partial charge in [-0.05, 0) is 34.9 Å². The Kier molecular flexibility index (Phi) is 5.48. The molecule has 0 saturated carbocycles. The summed E-state index contributed by atoms with van der Waals surface area (Å²) < 4.78 is 0. The number of hydrogen-bond donors (Lipinski definition) is 2. The van der Waals surface area contributed by atoms with Gasteiger partial charge < -0.3 is 5.73 Å². The standard InChI is InChI=1S/C20H20N2O2S/c21-20(23)22(24)12-4-3-7-18-10-11-19(25-18)14-15-8-9-16-5-1-2-6-17(16)13-15/h1-6,8-11,13,24H,7,12,14H2,(H2,21,23)/b4-3-. The van der Waals surface area contributed by atoms with Crippen LogP contribution in [-0.4, -0.2) is 22.8 Å². The van der Waals surface area contributed by atoms with Gasteiger partial charge in [-0.3, -0.25) is 5.21 Å². The fourth-order valence-corrected chi connectivity index (χ4v) is 3.67. The van der Waals surface area contributed by atoms with Crippen molar-refractivity contribution in [1.29, 1.82) is 0 Å². The van der Waals surface area contributed by atoms with Crippen molar-refractivity contribution in [2.75, 3.05) is 6.54 Å². The van der Waals surface area contributed by atoms with E-state index in [-0.39, 0.29) is 6.54 Å². The molecule has 0 atom stereocenters. The first-order valence-electron chi connectivity index (χ1n) is 8.08. The molecule has 3 N–H and O–H groups in total. The smallest absolute Gasteiger partial charge is 0.338 e. The van der Waals surface area contributed by atoms with Gasteiger partial charge >= 0.3 is 6.03 Å². The second kappa shape index (κ2) is 7.96. The lowest BCUT2D eigenvalue weighted by Crippen LogP contribution is -2.32. The molecular formula is C20H20N2O2S. The van der Waals surface area contributed by atoms with Gasteiger partial charge in [-0.1, -0.05) is 54.6 Å². The molecule has 0 aliphatic heterocycles. The minimum atomic E-state index is -0.849. The molecule has 2 aromatic carbocycles. The number of amides is 2. The molecule has 0 aliphatic carbocycles. The van der Waals surface area contributed by atoms with E-state index < -0.39 is 6.03 Å². The fraction of sp³-hybridized carbons (Fsp3) is 0.150. The van der Waals surface area contributed by atoms with E-state index in [4.69, 9.17) is 5.73 Å². The van der Waals surface area contributed by atoms with Crippen molar-refractivity contribution in [3.63, 3.8) is 0 Å².